The molecule has 0 spiro atoms. The second kappa shape index (κ2) is 5.35. The molecule has 0 bridgehead atoms. The van der Waals surface area contributed by atoms with E-state index in [9.17, 15) is 9.59 Å². The van der Waals surface area contributed by atoms with Crippen molar-refractivity contribution in [3.63, 3.8) is 0 Å². The fourth-order valence-corrected chi connectivity index (χ4v) is 2.15. The van der Waals surface area contributed by atoms with Crippen LogP contribution < -0.4 is 5.32 Å². The van der Waals surface area contributed by atoms with Crippen LogP contribution >= 0.6 is 0 Å². The van der Waals surface area contributed by atoms with Crippen LogP contribution in [0, 0.1) is 0 Å². The molecule has 0 aliphatic carbocycles. The maximum atomic E-state index is 12.2. The van der Waals surface area contributed by atoms with E-state index in [4.69, 9.17) is 4.42 Å². The van der Waals surface area contributed by atoms with Crippen LogP contribution in [0.25, 0.3) is 11.6 Å². The number of carbonyl (C=O) groups excluding carboxylic acids is 2. The number of furan rings is 1. The van der Waals surface area contributed by atoms with Gasteiger partial charge in [-0.05, 0) is 24.3 Å². The second-order valence-electron chi connectivity index (χ2n) is 4.67. The average Bonchev–Trinajstić information content (AvgIpc) is 3.12. The van der Waals surface area contributed by atoms with Gasteiger partial charge < -0.3 is 14.6 Å². The molecule has 2 aromatic rings. The first kappa shape index (κ1) is 13.3. The third kappa shape index (κ3) is 2.62. The first-order valence-electron chi connectivity index (χ1n) is 6.54. The van der Waals surface area contributed by atoms with E-state index in [2.05, 4.69) is 20.7 Å². The maximum Gasteiger partial charge on any atom is 0.246 e. The zero-order valence-electron chi connectivity index (χ0n) is 11.4. The maximum absolute atomic E-state index is 12.2. The van der Waals surface area contributed by atoms with Crippen LogP contribution in [0.15, 0.2) is 22.8 Å². The van der Waals surface area contributed by atoms with Crippen molar-refractivity contribution in [1.82, 2.24) is 30.4 Å². The molecule has 2 aromatic heterocycles. The number of aromatic nitrogens is 4. The van der Waals surface area contributed by atoms with Crippen LogP contribution in [0.5, 0.6) is 0 Å². The van der Waals surface area contributed by atoms with Crippen molar-refractivity contribution in [3.8, 4) is 11.6 Å². The summed E-state index contributed by atoms with van der Waals surface area (Å²) in [5.41, 5.74) is 0. The summed E-state index contributed by atoms with van der Waals surface area (Å²) in [6.07, 6.45) is 1.51. The molecule has 2 amide bonds. The third-order valence-corrected chi connectivity index (χ3v) is 3.29. The van der Waals surface area contributed by atoms with Crippen LogP contribution in [-0.4, -0.2) is 56.1 Å². The summed E-state index contributed by atoms with van der Waals surface area (Å²) in [7, 11) is 0. The normalized spacial score (nSPS) is 18.6. The molecule has 1 unspecified atom stereocenters. The number of nitrogens with zero attached hydrogens (tertiary/aromatic N) is 5. The summed E-state index contributed by atoms with van der Waals surface area (Å²) in [4.78, 5) is 26.5. The van der Waals surface area contributed by atoms with E-state index in [1.807, 2.05) is 0 Å². The van der Waals surface area contributed by atoms with Crippen LogP contribution in [0.2, 0.25) is 0 Å². The van der Waals surface area contributed by atoms with Gasteiger partial charge in [-0.3, -0.25) is 9.59 Å². The van der Waals surface area contributed by atoms with Gasteiger partial charge in [0.1, 0.15) is 12.6 Å². The Kier molecular flexibility index (Phi) is 3.38. The van der Waals surface area contributed by atoms with Crippen molar-refractivity contribution in [2.75, 3.05) is 13.1 Å². The summed E-state index contributed by atoms with van der Waals surface area (Å²) in [6.45, 7) is 2.56. The smallest absolute Gasteiger partial charge is 0.246 e. The molecule has 1 fully saturated rings. The summed E-state index contributed by atoms with van der Waals surface area (Å²) in [5.74, 6) is 0.426. The number of rotatable bonds is 3. The van der Waals surface area contributed by atoms with Gasteiger partial charge in [0, 0.05) is 13.1 Å². The molecule has 3 rings (SSSR count). The number of hydrogen-bond acceptors (Lipinski definition) is 6. The SMILES string of the molecule is CC1C(=O)NCCN1C(=O)Cn1nnc(-c2ccco2)n1. The molecule has 1 aliphatic heterocycles. The summed E-state index contributed by atoms with van der Waals surface area (Å²) in [6, 6.07) is 2.94. The van der Waals surface area contributed by atoms with Crippen LogP contribution in [0.4, 0.5) is 0 Å². The Morgan fingerprint density at radius 3 is 3.19 bits per heavy atom. The molecule has 0 radical (unpaired) electrons. The van der Waals surface area contributed by atoms with Crippen LogP contribution in [-0.2, 0) is 16.1 Å². The summed E-state index contributed by atoms with van der Waals surface area (Å²) < 4.78 is 5.16. The van der Waals surface area contributed by atoms with E-state index >= 15 is 0 Å². The fraction of sp³-hybridized carbons (Fsp3) is 0.417. The molecule has 3 heterocycles. The number of carbonyl (C=O) groups is 2. The van der Waals surface area contributed by atoms with Crippen LogP contribution in [0.3, 0.4) is 0 Å². The second-order valence-corrected chi connectivity index (χ2v) is 4.67. The van der Waals surface area contributed by atoms with Crippen molar-refractivity contribution < 1.29 is 14.0 Å². The van der Waals surface area contributed by atoms with Gasteiger partial charge in [-0.2, -0.15) is 4.80 Å². The van der Waals surface area contributed by atoms with Gasteiger partial charge >= 0.3 is 0 Å². The summed E-state index contributed by atoms with van der Waals surface area (Å²) >= 11 is 0. The Hall–Kier alpha value is -2.71. The lowest BCUT2D eigenvalue weighted by molar-refractivity contribution is -0.143. The number of tetrazole rings is 1. The Labute approximate surface area is 119 Å². The van der Waals surface area contributed by atoms with Gasteiger partial charge in [-0.15, -0.1) is 10.2 Å². The van der Waals surface area contributed by atoms with E-state index in [0.29, 0.717) is 24.7 Å². The van der Waals surface area contributed by atoms with Crippen molar-refractivity contribution in [3.05, 3.63) is 18.4 Å². The Bertz CT molecular complexity index is 650. The standard InChI is InChI=1S/C12H14N6O3/c1-8-12(20)13-4-5-17(8)10(19)7-18-15-11(14-16-18)9-3-2-6-21-9/h2-3,6,8H,4-5,7H2,1H3,(H,13,20). The molecule has 110 valence electrons. The lowest BCUT2D eigenvalue weighted by Crippen LogP contribution is -2.56. The molecule has 1 N–H and O–H groups in total. The average molecular weight is 290 g/mol. The predicted octanol–water partition coefficient (Wildman–Crippen LogP) is -0.720. The minimum absolute atomic E-state index is 0.0642. The third-order valence-electron chi connectivity index (χ3n) is 3.29. The highest BCUT2D eigenvalue weighted by Crippen LogP contribution is 2.13. The lowest BCUT2D eigenvalue weighted by Gasteiger charge is -2.32. The topological polar surface area (TPSA) is 106 Å². The number of hydrogen-bond donors (Lipinski definition) is 1. The molecule has 1 aliphatic rings. The quantitative estimate of drug-likeness (QED) is 0.799. The van der Waals surface area contributed by atoms with Crippen molar-refractivity contribution in [2.24, 2.45) is 0 Å². The van der Waals surface area contributed by atoms with E-state index < -0.39 is 6.04 Å². The molecule has 9 heteroatoms. The van der Waals surface area contributed by atoms with E-state index in [0.717, 1.165) is 0 Å². The molecule has 21 heavy (non-hydrogen) atoms. The van der Waals surface area contributed by atoms with Crippen molar-refractivity contribution in [1.29, 1.82) is 0 Å². The minimum atomic E-state index is -0.487. The monoisotopic (exact) mass is 290 g/mol. The highest BCUT2D eigenvalue weighted by atomic mass is 16.3. The predicted molar refractivity (Wildman–Crippen MR) is 69.7 cm³/mol. The van der Waals surface area contributed by atoms with Gasteiger partial charge in [0.15, 0.2) is 5.76 Å². The fourth-order valence-electron chi connectivity index (χ4n) is 2.15. The minimum Gasteiger partial charge on any atom is -0.461 e. The zero-order valence-corrected chi connectivity index (χ0v) is 11.4. The molecular formula is C12H14N6O3. The summed E-state index contributed by atoms with van der Waals surface area (Å²) in [5, 5.41) is 14.4. The van der Waals surface area contributed by atoms with Gasteiger partial charge in [-0.1, -0.05) is 0 Å². The largest absolute Gasteiger partial charge is 0.461 e. The van der Waals surface area contributed by atoms with Gasteiger partial charge in [0.25, 0.3) is 0 Å². The lowest BCUT2D eigenvalue weighted by atomic mass is 10.2. The Morgan fingerprint density at radius 2 is 2.43 bits per heavy atom. The van der Waals surface area contributed by atoms with E-state index in [1.54, 1.807) is 19.1 Å². The van der Waals surface area contributed by atoms with Crippen molar-refractivity contribution >= 4 is 11.8 Å². The number of amides is 2. The van der Waals surface area contributed by atoms with Crippen LogP contribution in [0.1, 0.15) is 6.92 Å². The number of nitrogens with one attached hydrogen (secondary N) is 1. The zero-order chi connectivity index (χ0) is 14.8. The first-order valence-corrected chi connectivity index (χ1v) is 6.54. The number of piperazine rings is 1. The highest BCUT2D eigenvalue weighted by molar-refractivity contribution is 5.88. The molecule has 0 saturated carbocycles. The van der Waals surface area contributed by atoms with Crippen molar-refractivity contribution in [2.45, 2.75) is 19.5 Å². The Morgan fingerprint density at radius 1 is 1.57 bits per heavy atom. The molecular weight excluding hydrogens is 276 g/mol. The molecule has 1 saturated heterocycles. The van der Waals surface area contributed by atoms with Gasteiger partial charge in [-0.25, -0.2) is 0 Å². The molecule has 0 aromatic carbocycles. The van der Waals surface area contributed by atoms with E-state index in [1.165, 1.54) is 16.0 Å². The molecule has 1 atom stereocenters. The first-order chi connectivity index (χ1) is 10.1. The Balaban J connectivity index is 1.69. The van der Waals surface area contributed by atoms with Gasteiger partial charge in [0.05, 0.1) is 6.26 Å². The van der Waals surface area contributed by atoms with Gasteiger partial charge in [0.2, 0.25) is 17.6 Å². The highest BCUT2D eigenvalue weighted by Gasteiger charge is 2.29. The van der Waals surface area contributed by atoms with E-state index in [-0.39, 0.29) is 18.4 Å². The molecule has 9 nitrogen and oxygen atoms in total.